The van der Waals surface area contributed by atoms with Gasteiger partial charge in [-0.05, 0) is 57.8 Å². The van der Waals surface area contributed by atoms with Crippen LogP contribution in [0.4, 0.5) is 0 Å². The fourth-order valence-corrected chi connectivity index (χ4v) is 4.60. The largest absolute Gasteiger partial charge is 0.312 e. The molecular formula is C18H32N2S. The molecule has 1 fully saturated rings. The number of nitrogens with zero attached hydrogens (tertiary/aromatic N) is 1. The Kier molecular flexibility index (Phi) is 6.72. The monoisotopic (exact) mass is 308 g/mol. The van der Waals surface area contributed by atoms with Crippen LogP contribution in [-0.2, 0) is 6.42 Å². The lowest BCUT2D eigenvalue weighted by molar-refractivity contribution is 0.0804. The van der Waals surface area contributed by atoms with Gasteiger partial charge in [-0.2, -0.15) is 0 Å². The van der Waals surface area contributed by atoms with Crippen LogP contribution in [0.5, 0.6) is 0 Å². The molecule has 1 aliphatic rings. The van der Waals surface area contributed by atoms with Gasteiger partial charge in [0.15, 0.2) is 0 Å². The summed E-state index contributed by atoms with van der Waals surface area (Å²) in [7, 11) is 4.58. The lowest BCUT2D eigenvalue weighted by Crippen LogP contribution is -2.59. The quantitative estimate of drug-likeness (QED) is 0.755. The minimum absolute atomic E-state index is 0.329. The van der Waals surface area contributed by atoms with Crippen LogP contribution in [0.1, 0.15) is 56.7 Å². The van der Waals surface area contributed by atoms with Crippen LogP contribution in [-0.4, -0.2) is 37.1 Å². The normalized spacial score (nSPS) is 20.4. The summed E-state index contributed by atoms with van der Waals surface area (Å²) in [6, 6.07) is 5.06. The smallest absolute Gasteiger partial charge is 0.0359 e. The third kappa shape index (κ3) is 4.30. The first-order chi connectivity index (χ1) is 10.2. The van der Waals surface area contributed by atoms with Crippen LogP contribution < -0.4 is 5.32 Å². The van der Waals surface area contributed by atoms with Crippen LogP contribution in [0.3, 0.4) is 0 Å². The van der Waals surface area contributed by atoms with E-state index in [-0.39, 0.29) is 0 Å². The molecule has 1 aliphatic carbocycles. The second kappa shape index (κ2) is 8.30. The molecule has 2 rings (SSSR count). The Bertz CT molecular complexity index is 378. The topological polar surface area (TPSA) is 15.3 Å². The first-order valence-corrected chi connectivity index (χ1v) is 9.50. The van der Waals surface area contributed by atoms with Crippen molar-refractivity contribution < 1.29 is 0 Å². The highest BCUT2D eigenvalue weighted by Gasteiger charge is 2.40. The summed E-state index contributed by atoms with van der Waals surface area (Å²) in [4.78, 5) is 4.05. The zero-order valence-electron chi connectivity index (χ0n) is 14.0. The Morgan fingerprint density at radius 2 is 1.95 bits per heavy atom. The van der Waals surface area contributed by atoms with Crippen LogP contribution in [0.25, 0.3) is 0 Å². The molecule has 0 radical (unpaired) electrons. The Balaban J connectivity index is 2.20. The lowest BCUT2D eigenvalue weighted by atomic mass is 9.79. The molecule has 1 aromatic heterocycles. The second-order valence-corrected chi connectivity index (χ2v) is 7.73. The van der Waals surface area contributed by atoms with Gasteiger partial charge in [0.05, 0.1) is 0 Å². The van der Waals surface area contributed by atoms with Crippen LogP contribution in [0.2, 0.25) is 0 Å². The maximum Gasteiger partial charge on any atom is 0.0359 e. The van der Waals surface area contributed by atoms with E-state index in [9.17, 15) is 0 Å². The van der Waals surface area contributed by atoms with E-state index in [1.165, 1.54) is 56.2 Å². The predicted octanol–water partition coefficient (Wildman–Crippen LogP) is 4.31. The van der Waals surface area contributed by atoms with Crippen molar-refractivity contribution in [3.63, 3.8) is 0 Å². The summed E-state index contributed by atoms with van der Waals surface area (Å²) in [6.07, 6.45) is 10.7. The van der Waals surface area contributed by atoms with E-state index in [0.29, 0.717) is 11.6 Å². The van der Waals surface area contributed by atoms with Crippen molar-refractivity contribution in [2.45, 2.75) is 69.9 Å². The molecule has 1 atom stereocenters. The zero-order valence-corrected chi connectivity index (χ0v) is 14.8. The van der Waals surface area contributed by atoms with Gasteiger partial charge in [0.25, 0.3) is 0 Å². The molecule has 0 aromatic carbocycles. The number of hydrogen-bond acceptors (Lipinski definition) is 3. The SMILES string of the molecule is CCCNC(Cc1cccs1)C1(N(C)C)CCCCCC1. The third-order valence-corrected chi connectivity index (χ3v) is 6.03. The summed E-state index contributed by atoms with van der Waals surface area (Å²) < 4.78 is 0. The maximum absolute atomic E-state index is 3.89. The van der Waals surface area contributed by atoms with E-state index in [4.69, 9.17) is 0 Å². The molecule has 21 heavy (non-hydrogen) atoms. The van der Waals surface area contributed by atoms with Crippen molar-refractivity contribution in [1.82, 2.24) is 10.2 Å². The molecule has 0 aliphatic heterocycles. The summed E-state index contributed by atoms with van der Waals surface area (Å²) in [5, 5.41) is 6.10. The predicted molar refractivity (Wildman–Crippen MR) is 94.2 cm³/mol. The van der Waals surface area contributed by atoms with Gasteiger partial charge >= 0.3 is 0 Å². The average molecular weight is 309 g/mol. The molecule has 2 nitrogen and oxygen atoms in total. The maximum atomic E-state index is 3.89. The van der Waals surface area contributed by atoms with Crippen LogP contribution >= 0.6 is 11.3 Å². The van der Waals surface area contributed by atoms with Crippen molar-refractivity contribution in [2.24, 2.45) is 0 Å². The van der Waals surface area contributed by atoms with E-state index in [1.807, 2.05) is 11.3 Å². The number of nitrogens with one attached hydrogen (secondary N) is 1. The van der Waals surface area contributed by atoms with E-state index in [1.54, 1.807) is 0 Å². The minimum Gasteiger partial charge on any atom is -0.312 e. The Morgan fingerprint density at radius 1 is 1.24 bits per heavy atom. The third-order valence-electron chi connectivity index (χ3n) is 5.13. The fraction of sp³-hybridized carbons (Fsp3) is 0.778. The van der Waals surface area contributed by atoms with Crippen molar-refractivity contribution >= 4 is 11.3 Å². The van der Waals surface area contributed by atoms with E-state index in [2.05, 4.69) is 48.7 Å². The van der Waals surface area contributed by atoms with E-state index >= 15 is 0 Å². The molecule has 0 bridgehead atoms. The summed E-state index contributed by atoms with van der Waals surface area (Å²) >= 11 is 1.91. The van der Waals surface area contributed by atoms with Gasteiger partial charge < -0.3 is 10.2 Å². The van der Waals surface area contributed by atoms with E-state index in [0.717, 1.165) is 6.54 Å². The van der Waals surface area contributed by atoms with Crippen molar-refractivity contribution in [3.8, 4) is 0 Å². The van der Waals surface area contributed by atoms with Crippen LogP contribution in [0, 0.1) is 0 Å². The molecule has 0 amide bonds. The Morgan fingerprint density at radius 3 is 2.48 bits per heavy atom. The lowest BCUT2D eigenvalue weighted by Gasteiger charge is -2.46. The van der Waals surface area contributed by atoms with Gasteiger partial charge in [-0.1, -0.05) is 38.7 Å². The number of thiophene rings is 1. The van der Waals surface area contributed by atoms with Gasteiger partial charge in [-0.15, -0.1) is 11.3 Å². The minimum atomic E-state index is 0.329. The summed E-state index contributed by atoms with van der Waals surface area (Å²) in [5.74, 6) is 0. The number of rotatable bonds is 7. The number of likely N-dealkylation sites (N-methyl/N-ethyl adjacent to an activating group) is 1. The molecule has 1 saturated carbocycles. The molecule has 3 heteroatoms. The average Bonchev–Trinajstić information content (AvgIpc) is 2.85. The van der Waals surface area contributed by atoms with Crippen LogP contribution in [0.15, 0.2) is 17.5 Å². The highest BCUT2D eigenvalue weighted by Crippen LogP contribution is 2.35. The first-order valence-electron chi connectivity index (χ1n) is 8.62. The molecule has 120 valence electrons. The Hall–Kier alpha value is -0.380. The van der Waals surface area contributed by atoms with Gasteiger partial charge in [0.1, 0.15) is 0 Å². The zero-order chi connectivity index (χ0) is 15.1. The molecule has 0 spiro atoms. The highest BCUT2D eigenvalue weighted by molar-refractivity contribution is 7.09. The Labute approximate surface area is 134 Å². The van der Waals surface area contributed by atoms with Crippen molar-refractivity contribution in [1.29, 1.82) is 0 Å². The summed E-state index contributed by atoms with van der Waals surface area (Å²) in [6.45, 7) is 3.40. The fourth-order valence-electron chi connectivity index (χ4n) is 3.85. The van der Waals surface area contributed by atoms with E-state index < -0.39 is 0 Å². The highest BCUT2D eigenvalue weighted by atomic mass is 32.1. The molecule has 1 aromatic rings. The molecule has 1 unspecified atom stereocenters. The first kappa shape index (κ1) is 17.0. The standard InChI is InChI=1S/C18H32N2S/c1-4-13-19-17(15-16-10-9-14-21-16)18(20(2)3)11-7-5-6-8-12-18/h9-10,14,17,19H,4-8,11-13,15H2,1-3H3. The van der Waals surface area contributed by atoms with Gasteiger partial charge in [-0.3, -0.25) is 0 Å². The van der Waals surface area contributed by atoms with Gasteiger partial charge in [0.2, 0.25) is 0 Å². The number of hydrogen-bond donors (Lipinski definition) is 1. The summed E-state index contributed by atoms with van der Waals surface area (Å²) in [5.41, 5.74) is 0.329. The van der Waals surface area contributed by atoms with Crippen molar-refractivity contribution in [3.05, 3.63) is 22.4 Å². The van der Waals surface area contributed by atoms with Crippen molar-refractivity contribution in [2.75, 3.05) is 20.6 Å². The molecule has 1 N–H and O–H groups in total. The molecular weight excluding hydrogens is 276 g/mol. The van der Waals surface area contributed by atoms with Gasteiger partial charge in [0, 0.05) is 16.5 Å². The second-order valence-electron chi connectivity index (χ2n) is 6.70. The molecule has 1 heterocycles. The van der Waals surface area contributed by atoms with Gasteiger partial charge in [-0.25, -0.2) is 0 Å². The molecule has 0 saturated heterocycles.